The van der Waals surface area contributed by atoms with Crippen LogP contribution < -0.4 is 5.32 Å². The van der Waals surface area contributed by atoms with Gasteiger partial charge in [0.15, 0.2) is 10.8 Å². The number of carbonyl (C=O) groups is 3. The van der Waals surface area contributed by atoms with Crippen LogP contribution in [0.1, 0.15) is 49.9 Å². The molecule has 2 fully saturated rings. The number of guanidine groups is 1. The van der Waals surface area contributed by atoms with Gasteiger partial charge in [-0.3, -0.25) is 19.5 Å². The van der Waals surface area contributed by atoms with Gasteiger partial charge in [-0.05, 0) is 44.9 Å². The number of aromatic nitrogens is 1. The minimum Gasteiger partial charge on any atom is -0.481 e. The van der Waals surface area contributed by atoms with Crippen molar-refractivity contribution in [1.29, 1.82) is 0 Å². The van der Waals surface area contributed by atoms with E-state index < -0.39 is 29.2 Å². The fourth-order valence-corrected chi connectivity index (χ4v) is 6.53. The summed E-state index contributed by atoms with van der Waals surface area (Å²) in [5, 5.41) is 15.6. The van der Waals surface area contributed by atoms with Gasteiger partial charge < -0.3 is 25.0 Å². The number of aliphatic carboxylic acids is 1. The van der Waals surface area contributed by atoms with Crippen LogP contribution in [0.25, 0.3) is 0 Å². The smallest absolute Gasteiger partial charge is 0.338 e. The van der Waals surface area contributed by atoms with Crippen molar-refractivity contribution in [3.63, 3.8) is 0 Å². The highest BCUT2D eigenvalue weighted by Crippen LogP contribution is 2.36. The summed E-state index contributed by atoms with van der Waals surface area (Å²) in [6.07, 6.45) is 1.67. The number of hydrogen-bond donors (Lipinski definition) is 2. The number of aliphatic imine (C=N–C) groups is 2. The van der Waals surface area contributed by atoms with E-state index in [4.69, 9.17) is 9.73 Å². The minimum atomic E-state index is -1.05. The molecular formula is C31H38FN7O5S. The van der Waals surface area contributed by atoms with Crippen LogP contribution in [-0.4, -0.2) is 106 Å². The molecule has 2 saturated heterocycles. The van der Waals surface area contributed by atoms with Crippen molar-refractivity contribution in [3.8, 4) is 0 Å². The molecule has 1 amide bonds. The number of piperazine rings is 1. The molecule has 2 N–H and O–H groups in total. The van der Waals surface area contributed by atoms with Crippen molar-refractivity contribution >= 4 is 41.0 Å². The van der Waals surface area contributed by atoms with Gasteiger partial charge >= 0.3 is 11.9 Å². The Morgan fingerprint density at radius 3 is 2.69 bits per heavy atom. The first-order chi connectivity index (χ1) is 21.4. The number of carboxylic acids is 1. The fourth-order valence-electron chi connectivity index (χ4n) is 5.94. The van der Waals surface area contributed by atoms with E-state index >= 15 is 0 Å². The van der Waals surface area contributed by atoms with E-state index in [1.54, 1.807) is 46.0 Å². The maximum absolute atomic E-state index is 14.8. The number of hydrogen-bond acceptors (Lipinski definition) is 9. The standard InChI is InChI=1S/C31H38FN7O5S/c1-6-44-28(41)24-23(35-26(27-33-10-13-45-27)36-25(24)21-8-7-9-22(32)18(21)2)16-37-11-12-39-20(14-37)15-38(30(39)34-19(3)40)17-31(4,5)29(42)43/h7-10,13,20,25H,6,11-12,14-17H2,1-5H3,(H,35,36)(H,42,43). The number of rotatable bonds is 9. The third-order valence-corrected chi connectivity index (χ3v) is 8.98. The second-order valence-corrected chi connectivity index (χ2v) is 12.9. The average Bonchev–Trinajstić information content (AvgIpc) is 3.62. The molecule has 1 aromatic heterocycles. The van der Waals surface area contributed by atoms with Gasteiger partial charge in [-0.15, -0.1) is 11.3 Å². The van der Waals surface area contributed by atoms with Crippen molar-refractivity contribution in [2.24, 2.45) is 15.4 Å². The second kappa shape index (κ2) is 13.1. The van der Waals surface area contributed by atoms with E-state index in [0.29, 0.717) is 71.9 Å². The van der Waals surface area contributed by atoms with E-state index in [9.17, 15) is 23.9 Å². The summed E-state index contributed by atoms with van der Waals surface area (Å²) in [6, 6.07) is 3.88. The topological polar surface area (TPSA) is 140 Å². The summed E-state index contributed by atoms with van der Waals surface area (Å²) >= 11 is 1.40. The predicted octanol–water partition coefficient (Wildman–Crippen LogP) is 2.81. The SMILES string of the molecule is CCOC(=O)C1=C(CN2CCN3C(=NC(C)=O)N(CC(C)(C)C(=O)O)CC3C2)NC(c2nccs2)=NC1c1cccc(F)c1C. The maximum atomic E-state index is 14.8. The number of carbonyl (C=O) groups excluding carboxylic acids is 2. The van der Waals surface area contributed by atoms with E-state index in [0.717, 1.165) is 0 Å². The highest BCUT2D eigenvalue weighted by molar-refractivity contribution is 7.11. The number of nitrogens with one attached hydrogen (secondary N) is 1. The maximum Gasteiger partial charge on any atom is 0.338 e. The quantitative estimate of drug-likeness (QED) is 0.394. The number of amides is 1. The van der Waals surface area contributed by atoms with Crippen LogP contribution in [0.3, 0.4) is 0 Å². The largest absolute Gasteiger partial charge is 0.481 e. The molecule has 2 unspecified atom stereocenters. The molecule has 0 spiro atoms. The Hall–Kier alpha value is -4.17. The van der Waals surface area contributed by atoms with Crippen LogP contribution in [0.15, 0.2) is 51.0 Å². The summed E-state index contributed by atoms with van der Waals surface area (Å²) in [5.41, 5.74) is 0.813. The molecule has 4 heterocycles. The summed E-state index contributed by atoms with van der Waals surface area (Å²) in [7, 11) is 0. The van der Waals surface area contributed by atoms with Gasteiger partial charge in [-0.25, -0.2) is 14.2 Å². The second-order valence-electron chi connectivity index (χ2n) is 12.0. The zero-order valence-electron chi connectivity index (χ0n) is 26.0. The molecule has 240 valence electrons. The summed E-state index contributed by atoms with van der Waals surface area (Å²) < 4.78 is 20.3. The molecule has 12 nitrogen and oxygen atoms in total. The zero-order chi connectivity index (χ0) is 32.5. The normalized spacial score (nSPS) is 21.5. The summed E-state index contributed by atoms with van der Waals surface area (Å²) in [6.45, 7) is 11.0. The number of halogens is 1. The first-order valence-electron chi connectivity index (χ1n) is 14.9. The first-order valence-corrected chi connectivity index (χ1v) is 15.7. The Kier molecular flexibility index (Phi) is 9.35. The molecule has 2 atom stereocenters. The lowest BCUT2D eigenvalue weighted by Crippen LogP contribution is -2.54. The third-order valence-electron chi connectivity index (χ3n) is 8.20. The molecule has 5 rings (SSSR count). The summed E-state index contributed by atoms with van der Waals surface area (Å²) in [5.74, 6) is -1.23. The van der Waals surface area contributed by atoms with Gasteiger partial charge in [0.05, 0.1) is 23.6 Å². The molecule has 3 aliphatic rings. The summed E-state index contributed by atoms with van der Waals surface area (Å²) in [4.78, 5) is 57.2. The lowest BCUT2D eigenvalue weighted by Gasteiger charge is -2.39. The van der Waals surface area contributed by atoms with Crippen molar-refractivity contribution in [1.82, 2.24) is 25.0 Å². The van der Waals surface area contributed by atoms with E-state index in [1.807, 2.05) is 10.3 Å². The van der Waals surface area contributed by atoms with Crippen molar-refractivity contribution in [2.75, 3.05) is 45.9 Å². The Labute approximate surface area is 265 Å². The van der Waals surface area contributed by atoms with E-state index in [2.05, 4.69) is 25.1 Å². The van der Waals surface area contributed by atoms with Gasteiger partial charge in [0.1, 0.15) is 11.9 Å². The van der Waals surface area contributed by atoms with Gasteiger partial charge in [0.2, 0.25) is 11.9 Å². The van der Waals surface area contributed by atoms with E-state index in [1.165, 1.54) is 24.3 Å². The molecule has 14 heteroatoms. The molecule has 0 bridgehead atoms. The Morgan fingerprint density at radius 2 is 2.02 bits per heavy atom. The minimum absolute atomic E-state index is 0.0648. The van der Waals surface area contributed by atoms with Crippen LogP contribution >= 0.6 is 11.3 Å². The van der Waals surface area contributed by atoms with Crippen LogP contribution in [0.4, 0.5) is 4.39 Å². The molecule has 0 saturated carbocycles. The zero-order valence-corrected chi connectivity index (χ0v) is 26.9. The first kappa shape index (κ1) is 32.2. The number of benzene rings is 1. The number of amidine groups is 1. The van der Waals surface area contributed by atoms with Gasteiger partial charge in [0, 0.05) is 63.5 Å². The van der Waals surface area contributed by atoms with Crippen LogP contribution in [0.2, 0.25) is 0 Å². The molecule has 0 radical (unpaired) electrons. The van der Waals surface area contributed by atoms with Crippen LogP contribution in [-0.2, 0) is 19.1 Å². The number of thiazole rings is 1. The van der Waals surface area contributed by atoms with Gasteiger partial charge in [0.25, 0.3) is 0 Å². The van der Waals surface area contributed by atoms with Crippen molar-refractivity contribution in [3.05, 3.63) is 63.0 Å². The van der Waals surface area contributed by atoms with E-state index in [-0.39, 0.29) is 25.1 Å². The van der Waals surface area contributed by atoms with Crippen LogP contribution in [0.5, 0.6) is 0 Å². The lowest BCUT2D eigenvalue weighted by atomic mass is 9.92. The highest BCUT2D eigenvalue weighted by atomic mass is 32.1. The lowest BCUT2D eigenvalue weighted by molar-refractivity contribution is -0.147. The van der Waals surface area contributed by atoms with Crippen molar-refractivity contribution in [2.45, 2.75) is 46.7 Å². The number of ether oxygens (including phenoxy) is 1. The predicted molar refractivity (Wildman–Crippen MR) is 167 cm³/mol. The molecule has 0 aliphatic carbocycles. The Morgan fingerprint density at radius 1 is 1.24 bits per heavy atom. The average molecular weight is 640 g/mol. The molecule has 3 aliphatic heterocycles. The van der Waals surface area contributed by atoms with Crippen molar-refractivity contribution < 1.29 is 28.6 Å². The third kappa shape index (κ3) is 6.76. The van der Waals surface area contributed by atoms with Gasteiger partial charge in [-0.1, -0.05) is 12.1 Å². The number of esters is 1. The van der Waals surface area contributed by atoms with Gasteiger partial charge in [-0.2, -0.15) is 4.99 Å². The Bertz CT molecular complexity index is 1570. The molecule has 45 heavy (non-hydrogen) atoms. The molecular weight excluding hydrogens is 601 g/mol. The fraction of sp³-hybridized carbons (Fsp3) is 0.484. The molecule has 2 aromatic rings. The van der Waals surface area contributed by atoms with Crippen LogP contribution in [0, 0.1) is 18.2 Å². The monoisotopic (exact) mass is 639 g/mol. The molecule has 1 aromatic carbocycles. The highest BCUT2D eigenvalue weighted by Gasteiger charge is 2.43. The Balaban J connectivity index is 1.48. The number of carboxylic acid groups (broad SMARTS) is 1. The number of nitrogens with zero attached hydrogens (tertiary/aromatic N) is 6. The number of fused-ring (bicyclic) bond motifs is 1.